The highest BCUT2D eigenvalue weighted by Gasteiger charge is 2.36. The minimum absolute atomic E-state index is 0.0132. The number of nitrogens with one attached hydrogen (secondary N) is 1. The molecule has 0 bridgehead atoms. The second-order valence-corrected chi connectivity index (χ2v) is 7.10. The molecule has 1 aliphatic carbocycles. The summed E-state index contributed by atoms with van der Waals surface area (Å²) in [6.45, 7) is 3.88. The summed E-state index contributed by atoms with van der Waals surface area (Å²) >= 11 is 1.88. The summed E-state index contributed by atoms with van der Waals surface area (Å²) in [7, 11) is 0. The van der Waals surface area contributed by atoms with Gasteiger partial charge in [0, 0.05) is 30.6 Å². The zero-order chi connectivity index (χ0) is 14.7. The Morgan fingerprint density at radius 2 is 2.00 bits per heavy atom. The molecule has 1 saturated heterocycles. The Hall–Kier alpha value is -1.00. The molecule has 1 saturated carbocycles. The van der Waals surface area contributed by atoms with Gasteiger partial charge in [0.25, 0.3) is 0 Å². The average Bonchev–Trinajstić information content (AvgIpc) is 3.38. The molecule has 3 rings (SSSR count). The zero-order valence-corrected chi connectivity index (χ0v) is 13.5. The Balaban J connectivity index is 1.67. The van der Waals surface area contributed by atoms with E-state index in [4.69, 9.17) is 0 Å². The third kappa shape index (κ3) is 3.80. The Bertz CT molecular complexity index is 478. The standard InChI is InChI=1S/C17H24N2OS/c1-2-13-3-5-14(6-4-13)11-19(15-7-8-15)17(20)16-12-21-10-9-18-16/h3-6,15-16,18H,2,7-12H2,1H3. The average molecular weight is 304 g/mol. The molecule has 1 aromatic carbocycles. The quantitative estimate of drug-likeness (QED) is 0.907. The molecule has 1 atom stereocenters. The molecule has 0 radical (unpaired) electrons. The van der Waals surface area contributed by atoms with Crippen molar-refractivity contribution >= 4 is 17.7 Å². The Labute approximate surface area is 131 Å². The summed E-state index contributed by atoms with van der Waals surface area (Å²) in [5.41, 5.74) is 2.60. The molecule has 114 valence electrons. The van der Waals surface area contributed by atoms with Crippen LogP contribution in [0.15, 0.2) is 24.3 Å². The molecule has 3 nitrogen and oxygen atoms in total. The van der Waals surface area contributed by atoms with Crippen molar-refractivity contribution in [3.63, 3.8) is 0 Å². The van der Waals surface area contributed by atoms with Gasteiger partial charge in [0.1, 0.15) is 0 Å². The maximum atomic E-state index is 12.8. The molecule has 0 spiro atoms. The van der Waals surface area contributed by atoms with Gasteiger partial charge in [0.15, 0.2) is 0 Å². The van der Waals surface area contributed by atoms with Crippen molar-refractivity contribution in [1.82, 2.24) is 10.2 Å². The van der Waals surface area contributed by atoms with Crippen LogP contribution in [0.2, 0.25) is 0 Å². The van der Waals surface area contributed by atoms with E-state index < -0.39 is 0 Å². The van der Waals surface area contributed by atoms with E-state index in [0.29, 0.717) is 11.9 Å². The first kappa shape index (κ1) is 14.9. The number of hydrogen-bond acceptors (Lipinski definition) is 3. The van der Waals surface area contributed by atoms with Crippen molar-refractivity contribution in [2.24, 2.45) is 0 Å². The van der Waals surface area contributed by atoms with Gasteiger partial charge in [-0.25, -0.2) is 0 Å². The van der Waals surface area contributed by atoms with Crippen molar-refractivity contribution in [3.05, 3.63) is 35.4 Å². The summed E-state index contributed by atoms with van der Waals surface area (Å²) in [5.74, 6) is 2.33. The number of benzene rings is 1. The fourth-order valence-corrected chi connectivity index (χ4v) is 3.70. The molecule has 2 fully saturated rings. The van der Waals surface area contributed by atoms with Crippen molar-refractivity contribution in [3.8, 4) is 0 Å². The fourth-order valence-electron chi connectivity index (χ4n) is 2.77. The normalized spacial score (nSPS) is 22.0. The lowest BCUT2D eigenvalue weighted by molar-refractivity contribution is -0.134. The maximum Gasteiger partial charge on any atom is 0.241 e. The van der Waals surface area contributed by atoms with E-state index in [2.05, 4.69) is 41.4 Å². The lowest BCUT2D eigenvalue weighted by atomic mass is 10.1. The van der Waals surface area contributed by atoms with Crippen molar-refractivity contribution in [2.75, 3.05) is 18.1 Å². The number of hydrogen-bond donors (Lipinski definition) is 1. The highest BCUT2D eigenvalue weighted by Crippen LogP contribution is 2.29. The molecule has 1 heterocycles. The van der Waals surface area contributed by atoms with Crippen LogP contribution in [-0.4, -0.2) is 40.9 Å². The topological polar surface area (TPSA) is 32.3 Å². The van der Waals surface area contributed by atoms with Gasteiger partial charge in [0.2, 0.25) is 5.91 Å². The summed E-state index contributed by atoms with van der Waals surface area (Å²) < 4.78 is 0. The summed E-state index contributed by atoms with van der Waals surface area (Å²) in [6, 6.07) is 9.19. The molecule has 1 unspecified atom stereocenters. The van der Waals surface area contributed by atoms with E-state index in [-0.39, 0.29) is 6.04 Å². The number of rotatable bonds is 5. The largest absolute Gasteiger partial charge is 0.334 e. The van der Waals surface area contributed by atoms with Gasteiger partial charge >= 0.3 is 0 Å². The van der Waals surface area contributed by atoms with Gasteiger partial charge < -0.3 is 10.2 Å². The van der Waals surface area contributed by atoms with E-state index in [1.54, 1.807) is 0 Å². The third-order valence-electron chi connectivity index (χ3n) is 4.27. The summed E-state index contributed by atoms with van der Waals surface area (Å²) in [6.07, 6.45) is 3.39. The van der Waals surface area contributed by atoms with Crippen LogP contribution in [0.5, 0.6) is 0 Å². The van der Waals surface area contributed by atoms with Crippen molar-refractivity contribution in [1.29, 1.82) is 0 Å². The molecule has 0 aromatic heterocycles. The molecular weight excluding hydrogens is 280 g/mol. The second kappa shape index (κ2) is 6.84. The van der Waals surface area contributed by atoms with Gasteiger partial charge in [0.05, 0.1) is 6.04 Å². The minimum Gasteiger partial charge on any atom is -0.334 e. The van der Waals surface area contributed by atoms with Crippen LogP contribution in [-0.2, 0) is 17.8 Å². The van der Waals surface area contributed by atoms with Gasteiger partial charge in [-0.2, -0.15) is 11.8 Å². The lowest BCUT2D eigenvalue weighted by Gasteiger charge is -2.30. The number of carbonyl (C=O) groups excluding carboxylic acids is 1. The number of nitrogens with zero attached hydrogens (tertiary/aromatic N) is 1. The van der Waals surface area contributed by atoms with Crippen molar-refractivity contribution in [2.45, 2.75) is 44.8 Å². The van der Waals surface area contributed by atoms with E-state index in [0.717, 1.165) is 31.0 Å². The number of amides is 1. The van der Waals surface area contributed by atoms with Crippen LogP contribution in [0.4, 0.5) is 0 Å². The van der Waals surface area contributed by atoms with E-state index in [1.807, 2.05) is 11.8 Å². The van der Waals surface area contributed by atoms with E-state index >= 15 is 0 Å². The first-order valence-corrected chi connectivity index (χ1v) is 9.13. The Kier molecular flexibility index (Phi) is 4.86. The number of aryl methyl sites for hydroxylation is 1. The van der Waals surface area contributed by atoms with Crippen LogP contribution >= 0.6 is 11.8 Å². The highest BCUT2D eigenvalue weighted by atomic mass is 32.2. The van der Waals surface area contributed by atoms with Crippen LogP contribution in [0, 0.1) is 0 Å². The second-order valence-electron chi connectivity index (χ2n) is 5.95. The Morgan fingerprint density at radius 1 is 1.29 bits per heavy atom. The molecule has 1 amide bonds. The monoisotopic (exact) mass is 304 g/mol. The van der Waals surface area contributed by atoms with Crippen LogP contribution in [0.1, 0.15) is 30.9 Å². The van der Waals surface area contributed by atoms with Gasteiger partial charge in [-0.1, -0.05) is 31.2 Å². The predicted octanol–water partition coefficient (Wildman–Crippen LogP) is 2.45. The molecule has 2 aliphatic rings. The first-order valence-electron chi connectivity index (χ1n) is 7.97. The first-order chi connectivity index (χ1) is 10.3. The van der Waals surface area contributed by atoms with E-state index in [1.165, 1.54) is 24.0 Å². The minimum atomic E-state index is 0.0132. The lowest BCUT2D eigenvalue weighted by Crippen LogP contribution is -2.51. The zero-order valence-electron chi connectivity index (χ0n) is 12.7. The smallest absolute Gasteiger partial charge is 0.241 e. The van der Waals surface area contributed by atoms with Gasteiger partial charge in [-0.15, -0.1) is 0 Å². The SMILES string of the molecule is CCc1ccc(CN(C(=O)C2CSCCN2)C2CC2)cc1. The Morgan fingerprint density at radius 3 is 2.57 bits per heavy atom. The van der Waals surface area contributed by atoms with Crippen LogP contribution < -0.4 is 5.32 Å². The van der Waals surface area contributed by atoms with E-state index in [9.17, 15) is 4.79 Å². The fraction of sp³-hybridized carbons (Fsp3) is 0.588. The highest BCUT2D eigenvalue weighted by molar-refractivity contribution is 7.99. The molecule has 1 N–H and O–H groups in total. The maximum absolute atomic E-state index is 12.8. The van der Waals surface area contributed by atoms with Crippen molar-refractivity contribution < 1.29 is 4.79 Å². The number of thioether (sulfide) groups is 1. The molecule has 1 aromatic rings. The van der Waals surface area contributed by atoms with Gasteiger partial charge in [-0.3, -0.25) is 4.79 Å². The molecular formula is C17H24N2OS. The van der Waals surface area contributed by atoms with Crippen LogP contribution in [0.3, 0.4) is 0 Å². The van der Waals surface area contributed by atoms with Gasteiger partial charge in [-0.05, 0) is 30.4 Å². The summed E-state index contributed by atoms with van der Waals surface area (Å²) in [4.78, 5) is 14.9. The molecule has 21 heavy (non-hydrogen) atoms. The third-order valence-corrected chi connectivity index (χ3v) is 5.34. The van der Waals surface area contributed by atoms with Crippen LogP contribution in [0.25, 0.3) is 0 Å². The number of carbonyl (C=O) groups is 1. The predicted molar refractivity (Wildman–Crippen MR) is 88.5 cm³/mol. The summed E-state index contributed by atoms with van der Waals surface area (Å²) in [5, 5.41) is 3.37. The molecule has 1 aliphatic heterocycles. The molecule has 4 heteroatoms.